The topological polar surface area (TPSA) is 25.8 Å². The van der Waals surface area contributed by atoms with E-state index in [4.69, 9.17) is 0 Å². The van der Waals surface area contributed by atoms with Gasteiger partial charge in [-0.15, -0.1) is 0 Å². The first-order chi connectivity index (χ1) is 6.43. The average molecular weight is 198 g/mol. The Bertz CT molecular complexity index is 197. The molecule has 0 spiro atoms. The molecule has 0 N–H and O–H groups in total. The van der Waals surface area contributed by atoms with E-state index < -0.39 is 0 Å². The quantitative estimate of drug-likeness (QED) is 0.627. The molecule has 13 heavy (non-hydrogen) atoms. The van der Waals surface area contributed by atoms with Crippen LogP contribution in [-0.4, -0.2) is 9.49 Å². The summed E-state index contributed by atoms with van der Waals surface area (Å²) in [6, 6.07) is 0. The van der Waals surface area contributed by atoms with E-state index in [1.165, 1.54) is 44.2 Å². The lowest BCUT2D eigenvalue weighted by Crippen LogP contribution is -1.85. The van der Waals surface area contributed by atoms with Crippen molar-refractivity contribution in [3.8, 4) is 0 Å². The second-order valence-corrected chi connectivity index (χ2v) is 4.16. The maximum Gasteiger partial charge on any atom is 0.0646 e. The highest BCUT2D eigenvalue weighted by Gasteiger charge is 1.94. The van der Waals surface area contributed by atoms with Gasteiger partial charge in [0.2, 0.25) is 0 Å². The van der Waals surface area contributed by atoms with Crippen LogP contribution in [0.3, 0.4) is 0 Å². The summed E-state index contributed by atoms with van der Waals surface area (Å²) in [4.78, 5) is 0. The van der Waals surface area contributed by atoms with Gasteiger partial charge in [-0.05, 0) is 12.8 Å². The third kappa shape index (κ3) is 5.05. The molecule has 1 unspecified atom stereocenters. The molecule has 1 rings (SSSR count). The highest BCUT2D eigenvalue weighted by molar-refractivity contribution is 7.20. The molecule has 0 saturated carbocycles. The van der Waals surface area contributed by atoms with Gasteiger partial charge in [-0.1, -0.05) is 39.0 Å². The number of unbranched alkanes of at least 4 members (excludes halogenated alkanes) is 5. The van der Waals surface area contributed by atoms with Crippen LogP contribution in [0.2, 0.25) is 0 Å². The van der Waals surface area contributed by atoms with Crippen LogP contribution in [-0.2, 0) is 6.42 Å². The number of aryl methyl sites for hydroxylation is 1. The predicted molar refractivity (Wildman–Crippen MR) is 58.6 cm³/mol. The maximum absolute atomic E-state index is 4.29. The van der Waals surface area contributed by atoms with Gasteiger partial charge in [-0.2, -0.15) is 0 Å². The number of aromatic nitrogens is 2. The van der Waals surface area contributed by atoms with Crippen molar-refractivity contribution in [2.75, 3.05) is 0 Å². The van der Waals surface area contributed by atoms with Crippen LogP contribution >= 0.6 is 8.51 Å². The van der Waals surface area contributed by atoms with E-state index in [1.54, 1.807) is 0 Å². The first-order valence-corrected chi connectivity index (χ1v) is 6.17. The van der Waals surface area contributed by atoms with Crippen molar-refractivity contribution >= 4 is 8.51 Å². The molecular formula is C10H19N2P. The molecule has 0 fully saturated rings. The third-order valence-corrected chi connectivity index (χ3v) is 2.88. The van der Waals surface area contributed by atoms with E-state index >= 15 is 0 Å². The number of rotatable bonds is 7. The van der Waals surface area contributed by atoms with Crippen LogP contribution in [0.5, 0.6) is 0 Å². The summed E-state index contributed by atoms with van der Waals surface area (Å²) in [5, 5.41) is 0. The first-order valence-electron chi connectivity index (χ1n) is 5.28. The number of hydrogen-bond donors (Lipinski definition) is 0. The molecule has 0 aliphatic carbocycles. The summed E-state index contributed by atoms with van der Waals surface area (Å²) in [7, 11) is 0.459. The molecule has 0 aliphatic rings. The van der Waals surface area contributed by atoms with Crippen molar-refractivity contribution in [2.24, 2.45) is 0 Å². The number of nitrogens with zero attached hydrogens (tertiary/aromatic N) is 2. The Labute approximate surface area is 82.4 Å². The van der Waals surface area contributed by atoms with Gasteiger partial charge in [0.05, 0.1) is 20.4 Å². The van der Waals surface area contributed by atoms with E-state index in [1.807, 2.05) is 6.20 Å². The predicted octanol–water partition coefficient (Wildman–Crippen LogP) is 3.41. The first kappa shape index (κ1) is 10.7. The van der Waals surface area contributed by atoms with Crippen molar-refractivity contribution in [3.05, 3.63) is 11.9 Å². The Morgan fingerprint density at radius 1 is 1.15 bits per heavy atom. The van der Waals surface area contributed by atoms with Gasteiger partial charge in [0.25, 0.3) is 0 Å². The van der Waals surface area contributed by atoms with E-state index in [-0.39, 0.29) is 0 Å². The summed E-state index contributed by atoms with van der Waals surface area (Å²) >= 11 is 0. The Hall–Kier alpha value is -0.360. The fraction of sp³-hybridized carbons (Fsp3) is 0.800. The number of hydrogen-bond acceptors (Lipinski definition) is 2. The fourth-order valence-electron chi connectivity index (χ4n) is 1.43. The minimum absolute atomic E-state index is 0.459. The molecule has 1 heterocycles. The summed E-state index contributed by atoms with van der Waals surface area (Å²) < 4.78 is 8.38. The van der Waals surface area contributed by atoms with Crippen LogP contribution in [0, 0.1) is 0 Å². The SMILES string of the molecule is CCCCCCCCc1cn[pH]n1. The van der Waals surface area contributed by atoms with Gasteiger partial charge in [0.1, 0.15) is 0 Å². The van der Waals surface area contributed by atoms with E-state index in [9.17, 15) is 0 Å². The van der Waals surface area contributed by atoms with Gasteiger partial charge in [-0.3, -0.25) is 0 Å². The summed E-state index contributed by atoms with van der Waals surface area (Å²) in [6.07, 6.45) is 11.2. The van der Waals surface area contributed by atoms with Gasteiger partial charge in [0, 0.05) is 0 Å². The van der Waals surface area contributed by atoms with Crippen LogP contribution in [0.25, 0.3) is 0 Å². The fourth-order valence-corrected chi connectivity index (χ4v) is 1.99. The molecule has 74 valence electrons. The second kappa shape index (κ2) is 7.08. The average Bonchev–Trinajstić information content (AvgIpc) is 2.63. The zero-order chi connectivity index (χ0) is 9.36. The molecule has 0 aromatic carbocycles. The molecule has 1 atom stereocenters. The Balaban J connectivity index is 1.90. The maximum atomic E-state index is 4.29. The van der Waals surface area contributed by atoms with Crippen molar-refractivity contribution in [1.29, 1.82) is 0 Å². The van der Waals surface area contributed by atoms with Gasteiger partial charge in [0.15, 0.2) is 0 Å². The van der Waals surface area contributed by atoms with E-state index in [2.05, 4.69) is 16.4 Å². The molecule has 2 nitrogen and oxygen atoms in total. The van der Waals surface area contributed by atoms with Crippen LogP contribution < -0.4 is 0 Å². The van der Waals surface area contributed by atoms with Crippen LogP contribution in [0.15, 0.2) is 6.20 Å². The lowest BCUT2D eigenvalue weighted by molar-refractivity contribution is 0.605. The molecule has 0 radical (unpaired) electrons. The van der Waals surface area contributed by atoms with Crippen molar-refractivity contribution in [1.82, 2.24) is 9.49 Å². The molecule has 0 amide bonds. The minimum Gasteiger partial charge on any atom is -0.228 e. The Kier molecular flexibility index (Phi) is 5.84. The van der Waals surface area contributed by atoms with E-state index in [0.29, 0.717) is 8.51 Å². The van der Waals surface area contributed by atoms with Crippen LogP contribution in [0.4, 0.5) is 0 Å². The zero-order valence-electron chi connectivity index (χ0n) is 8.42. The summed E-state index contributed by atoms with van der Waals surface area (Å²) in [5.41, 5.74) is 1.22. The standard InChI is InChI=1S/C10H19N2P/c1-2-3-4-5-6-7-8-10-9-11-13-12-10/h9,13H,2-8H2,1H3. The largest absolute Gasteiger partial charge is 0.228 e. The van der Waals surface area contributed by atoms with Gasteiger partial charge >= 0.3 is 0 Å². The molecule has 1 aromatic heterocycles. The van der Waals surface area contributed by atoms with Crippen molar-refractivity contribution in [3.63, 3.8) is 0 Å². The highest BCUT2D eigenvalue weighted by atomic mass is 31.1. The third-order valence-electron chi connectivity index (χ3n) is 2.25. The molecule has 0 bridgehead atoms. The normalized spacial score (nSPS) is 11.2. The minimum atomic E-state index is 0.459. The monoisotopic (exact) mass is 198 g/mol. The van der Waals surface area contributed by atoms with Crippen molar-refractivity contribution < 1.29 is 0 Å². The summed E-state index contributed by atoms with van der Waals surface area (Å²) in [6.45, 7) is 2.25. The molecule has 1 aromatic rings. The van der Waals surface area contributed by atoms with Crippen LogP contribution in [0.1, 0.15) is 51.1 Å². The Morgan fingerprint density at radius 3 is 2.62 bits per heavy atom. The molecule has 0 aliphatic heterocycles. The smallest absolute Gasteiger partial charge is 0.0646 e. The van der Waals surface area contributed by atoms with Crippen molar-refractivity contribution in [2.45, 2.75) is 51.9 Å². The molecular weight excluding hydrogens is 179 g/mol. The molecule has 3 heteroatoms. The molecule has 0 saturated heterocycles. The highest BCUT2D eigenvalue weighted by Crippen LogP contribution is 2.09. The second-order valence-electron chi connectivity index (χ2n) is 3.48. The van der Waals surface area contributed by atoms with E-state index in [0.717, 1.165) is 6.42 Å². The lowest BCUT2D eigenvalue weighted by Gasteiger charge is -1.98. The van der Waals surface area contributed by atoms with Gasteiger partial charge in [-0.25, -0.2) is 9.49 Å². The van der Waals surface area contributed by atoms with Gasteiger partial charge < -0.3 is 0 Å². The zero-order valence-corrected chi connectivity index (χ0v) is 9.42. The summed E-state index contributed by atoms with van der Waals surface area (Å²) in [5.74, 6) is 0. The Morgan fingerprint density at radius 2 is 1.92 bits per heavy atom. The lowest BCUT2D eigenvalue weighted by atomic mass is 10.1.